The number of para-hydroxylation sites is 1. The summed E-state index contributed by atoms with van der Waals surface area (Å²) in [5.74, 6) is 0.733. The van der Waals surface area contributed by atoms with Crippen LogP contribution < -0.4 is 15.4 Å². The van der Waals surface area contributed by atoms with Gasteiger partial charge in [-0.3, -0.25) is 4.90 Å². The van der Waals surface area contributed by atoms with Crippen molar-refractivity contribution in [2.45, 2.75) is 6.10 Å². The lowest BCUT2D eigenvalue weighted by Gasteiger charge is -2.36. The van der Waals surface area contributed by atoms with Crippen molar-refractivity contribution in [1.82, 2.24) is 4.90 Å². The standard InChI is InChI=1S/C19H25N3O2/c20-16-6-8-19(9-7-16)24-15-18(23)14-21-10-12-22(13-11-21)17-4-2-1-3-5-17/h1-9,18,23H,10-15,20H2/t18-/m0/s1. The highest BCUT2D eigenvalue weighted by Crippen LogP contribution is 2.16. The molecule has 0 bridgehead atoms. The van der Waals surface area contributed by atoms with Gasteiger partial charge in [0.25, 0.3) is 0 Å². The topological polar surface area (TPSA) is 62.0 Å². The molecule has 5 heteroatoms. The van der Waals surface area contributed by atoms with E-state index in [1.54, 1.807) is 12.1 Å². The lowest BCUT2D eigenvalue weighted by Crippen LogP contribution is -2.49. The summed E-state index contributed by atoms with van der Waals surface area (Å²) in [5.41, 5.74) is 7.62. The number of hydrogen-bond acceptors (Lipinski definition) is 5. The molecule has 1 aliphatic rings. The minimum Gasteiger partial charge on any atom is -0.491 e. The predicted octanol–water partition coefficient (Wildman–Crippen LogP) is 1.83. The SMILES string of the molecule is Nc1ccc(OC[C@@H](O)CN2CCN(c3ccccc3)CC2)cc1. The van der Waals surface area contributed by atoms with Gasteiger partial charge in [0.05, 0.1) is 0 Å². The molecule has 1 aliphatic heterocycles. The second-order valence-corrected chi connectivity index (χ2v) is 6.16. The van der Waals surface area contributed by atoms with Gasteiger partial charge < -0.3 is 20.5 Å². The maximum atomic E-state index is 10.2. The Labute approximate surface area is 143 Å². The van der Waals surface area contributed by atoms with E-state index in [1.807, 2.05) is 18.2 Å². The van der Waals surface area contributed by atoms with Crippen molar-refractivity contribution in [3.8, 4) is 5.75 Å². The Hall–Kier alpha value is -2.24. The monoisotopic (exact) mass is 327 g/mol. The average Bonchev–Trinajstić information content (AvgIpc) is 2.63. The number of anilines is 2. The van der Waals surface area contributed by atoms with Crippen LogP contribution in [0.5, 0.6) is 5.75 Å². The lowest BCUT2D eigenvalue weighted by molar-refractivity contribution is 0.0663. The second-order valence-electron chi connectivity index (χ2n) is 6.16. The largest absolute Gasteiger partial charge is 0.491 e. The van der Waals surface area contributed by atoms with Crippen molar-refractivity contribution in [3.63, 3.8) is 0 Å². The summed E-state index contributed by atoms with van der Waals surface area (Å²) in [5, 5.41) is 10.2. The van der Waals surface area contributed by atoms with Gasteiger partial charge in [-0.2, -0.15) is 0 Å². The van der Waals surface area contributed by atoms with E-state index in [4.69, 9.17) is 10.5 Å². The first-order chi connectivity index (χ1) is 11.7. The first-order valence-electron chi connectivity index (χ1n) is 8.39. The number of nitrogens with zero attached hydrogens (tertiary/aromatic N) is 2. The third-order valence-corrected chi connectivity index (χ3v) is 4.29. The van der Waals surface area contributed by atoms with Gasteiger partial charge in [0.2, 0.25) is 0 Å². The number of aliphatic hydroxyl groups excluding tert-OH is 1. The number of ether oxygens (including phenoxy) is 1. The zero-order valence-electron chi connectivity index (χ0n) is 13.8. The summed E-state index contributed by atoms with van der Waals surface area (Å²) in [6, 6.07) is 17.7. The maximum absolute atomic E-state index is 10.2. The summed E-state index contributed by atoms with van der Waals surface area (Å²) in [4.78, 5) is 4.67. The van der Waals surface area contributed by atoms with Crippen LogP contribution in [0.2, 0.25) is 0 Å². The highest BCUT2D eigenvalue weighted by molar-refractivity contribution is 5.46. The molecule has 3 N–H and O–H groups in total. The Kier molecular flexibility index (Phi) is 5.56. The highest BCUT2D eigenvalue weighted by Gasteiger charge is 2.19. The molecule has 0 unspecified atom stereocenters. The van der Waals surface area contributed by atoms with Crippen LogP contribution in [-0.2, 0) is 0 Å². The van der Waals surface area contributed by atoms with Crippen molar-refractivity contribution in [1.29, 1.82) is 0 Å². The molecule has 1 atom stereocenters. The maximum Gasteiger partial charge on any atom is 0.119 e. The zero-order valence-corrected chi connectivity index (χ0v) is 13.8. The van der Waals surface area contributed by atoms with Crippen LogP contribution >= 0.6 is 0 Å². The Balaban J connectivity index is 1.40. The van der Waals surface area contributed by atoms with Crippen LogP contribution in [0, 0.1) is 0 Å². The number of piperazine rings is 1. The van der Waals surface area contributed by atoms with E-state index in [0.29, 0.717) is 18.8 Å². The normalized spacial score (nSPS) is 16.8. The molecule has 0 aromatic heterocycles. The smallest absolute Gasteiger partial charge is 0.119 e. The van der Waals surface area contributed by atoms with Gasteiger partial charge in [-0.25, -0.2) is 0 Å². The van der Waals surface area contributed by atoms with Crippen LogP contribution in [0.15, 0.2) is 54.6 Å². The molecule has 0 saturated carbocycles. The molecule has 2 aromatic rings. The predicted molar refractivity (Wildman–Crippen MR) is 97.5 cm³/mol. The van der Waals surface area contributed by atoms with Gasteiger partial charge in [-0.15, -0.1) is 0 Å². The van der Waals surface area contributed by atoms with Gasteiger partial charge in [-0.1, -0.05) is 18.2 Å². The fraction of sp³-hybridized carbons (Fsp3) is 0.368. The van der Waals surface area contributed by atoms with E-state index in [1.165, 1.54) is 5.69 Å². The molecule has 1 heterocycles. The minimum atomic E-state index is -0.495. The summed E-state index contributed by atoms with van der Waals surface area (Å²) in [6.07, 6.45) is -0.495. The molecule has 2 aromatic carbocycles. The van der Waals surface area contributed by atoms with Crippen molar-refractivity contribution in [2.24, 2.45) is 0 Å². The van der Waals surface area contributed by atoms with E-state index in [9.17, 15) is 5.11 Å². The molecule has 1 fully saturated rings. The van der Waals surface area contributed by atoms with Crippen LogP contribution in [0.3, 0.4) is 0 Å². The Bertz CT molecular complexity index is 610. The molecule has 0 amide bonds. The summed E-state index contributed by atoms with van der Waals surface area (Å²) < 4.78 is 5.61. The average molecular weight is 327 g/mol. The van der Waals surface area contributed by atoms with Crippen LogP contribution in [0.1, 0.15) is 0 Å². The van der Waals surface area contributed by atoms with Crippen LogP contribution in [0.25, 0.3) is 0 Å². The minimum absolute atomic E-state index is 0.294. The number of hydrogen-bond donors (Lipinski definition) is 2. The van der Waals surface area contributed by atoms with Gasteiger partial charge in [0.15, 0.2) is 0 Å². The first kappa shape index (κ1) is 16.6. The molecular formula is C19H25N3O2. The number of nitrogens with two attached hydrogens (primary N) is 1. The van der Waals surface area contributed by atoms with E-state index in [0.717, 1.165) is 31.9 Å². The van der Waals surface area contributed by atoms with Gasteiger partial charge >= 0.3 is 0 Å². The van der Waals surface area contributed by atoms with E-state index < -0.39 is 6.10 Å². The lowest BCUT2D eigenvalue weighted by atomic mass is 10.2. The van der Waals surface area contributed by atoms with Crippen molar-refractivity contribution >= 4 is 11.4 Å². The number of rotatable bonds is 6. The summed E-state index contributed by atoms with van der Waals surface area (Å²) >= 11 is 0. The van der Waals surface area contributed by atoms with Crippen molar-refractivity contribution in [3.05, 3.63) is 54.6 Å². The molecule has 3 rings (SSSR count). The third kappa shape index (κ3) is 4.63. The third-order valence-electron chi connectivity index (χ3n) is 4.29. The van der Waals surface area contributed by atoms with Crippen LogP contribution in [-0.4, -0.2) is 55.4 Å². The summed E-state index contributed by atoms with van der Waals surface area (Å²) in [7, 11) is 0. The fourth-order valence-corrected chi connectivity index (χ4v) is 2.93. The molecular weight excluding hydrogens is 302 g/mol. The second kappa shape index (κ2) is 8.04. The Morgan fingerprint density at radius 1 is 0.958 bits per heavy atom. The molecule has 0 radical (unpaired) electrons. The Morgan fingerprint density at radius 2 is 1.62 bits per heavy atom. The van der Waals surface area contributed by atoms with Crippen LogP contribution in [0.4, 0.5) is 11.4 Å². The van der Waals surface area contributed by atoms with E-state index >= 15 is 0 Å². The Morgan fingerprint density at radius 3 is 2.29 bits per heavy atom. The highest BCUT2D eigenvalue weighted by atomic mass is 16.5. The molecule has 24 heavy (non-hydrogen) atoms. The number of aliphatic hydroxyl groups is 1. The molecule has 5 nitrogen and oxygen atoms in total. The summed E-state index contributed by atoms with van der Waals surface area (Å²) in [6.45, 7) is 4.80. The molecule has 1 saturated heterocycles. The van der Waals surface area contributed by atoms with Crippen molar-refractivity contribution in [2.75, 3.05) is 50.0 Å². The number of β-amino-alcohol motifs (C(OH)–C–C–N with tert-alkyl or cyclic N) is 1. The number of benzene rings is 2. The molecule has 0 spiro atoms. The van der Waals surface area contributed by atoms with E-state index in [2.05, 4.69) is 34.1 Å². The van der Waals surface area contributed by atoms with Gasteiger partial charge in [0, 0.05) is 44.1 Å². The molecule has 128 valence electrons. The van der Waals surface area contributed by atoms with Gasteiger partial charge in [-0.05, 0) is 36.4 Å². The zero-order chi connectivity index (χ0) is 16.8. The van der Waals surface area contributed by atoms with E-state index in [-0.39, 0.29) is 0 Å². The first-order valence-corrected chi connectivity index (χ1v) is 8.39. The molecule has 0 aliphatic carbocycles. The number of nitrogen functional groups attached to an aromatic ring is 1. The fourth-order valence-electron chi connectivity index (χ4n) is 2.93. The van der Waals surface area contributed by atoms with Crippen molar-refractivity contribution < 1.29 is 9.84 Å². The van der Waals surface area contributed by atoms with Gasteiger partial charge in [0.1, 0.15) is 18.5 Å². The quantitative estimate of drug-likeness (QED) is 0.793.